The number of pyridine rings is 1. The Morgan fingerprint density at radius 1 is 1.28 bits per heavy atom. The standard InChI is InChI=1S/C12H12N2O2.C5H14BNO2/c1-8(12(15)16)13-11-7-6-9-4-2-3-5-10(9)14-11;1-4(2)3-5(7)9-6-8/h2-8H,1H3,(H,13,14)(H,15,16);4-6,8H,3,7H2,1-2H3/t8-;5-/m01/s1. The van der Waals surface area contributed by atoms with Crippen molar-refractivity contribution in [3.05, 3.63) is 36.4 Å². The number of fused-ring (bicyclic) bond motifs is 1. The number of carbonyl (C=O) groups is 1. The Kier molecular flexibility index (Phi) is 8.90. The third-order valence-corrected chi connectivity index (χ3v) is 3.33. The molecule has 2 aromatic rings. The summed E-state index contributed by atoms with van der Waals surface area (Å²) in [5.74, 6) is 0.204. The molecule has 0 amide bonds. The van der Waals surface area contributed by atoms with Crippen LogP contribution in [0.2, 0.25) is 0 Å². The summed E-state index contributed by atoms with van der Waals surface area (Å²) in [4.78, 5) is 15.0. The van der Waals surface area contributed by atoms with Crippen LogP contribution in [0.3, 0.4) is 0 Å². The molecule has 0 spiro atoms. The third kappa shape index (κ3) is 7.97. The summed E-state index contributed by atoms with van der Waals surface area (Å²) in [7, 11) is -0.284. The van der Waals surface area contributed by atoms with Crippen LogP contribution in [-0.4, -0.2) is 41.0 Å². The van der Waals surface area contributed by atoms with Crippen molar-refractivity contribution in [2.45, 2.75) is 39.5 Å². The average molecular weight is 347 g/mol. The van der Waals surface area contributed by atoms with Crippen molar-refractivity contribution in [3.8, 4) is 0 Å². The van der Waals surface area contributed by atoms with Gasteiger partial charge in [0, 0.05) is 5.39 Å². The Balaban J connectivity index is 0.000000299. The predicted molar refractivity (Wildman–Crippen MR) is 100 cm³/mol. The average Bonchev–Trinajstić information content (AvgIpc) is 2.54. The largest absolute Gasteiger partial charge is 0.480 e. The molecule has 2 atom stereocenters. The maximum atomic E-state index is 10.7. The summed E-state index contributed by atoms with van der Waals surface area (Å²) < 4.78 is 4.69. The minimum Gasteiger partial charge on any atom is -0.480 e. The fourth-order valence-corrected chi connectivity index (χ4v) is 2.06. The number of para-hydroxylation sites is 1. The highest BCUT2D eigenvalue weighted by molar-refractivity contribution is 6.15. The molecule has 1 aromatic heterocycles. The molecule has 136 valence electrons. The zero-order valence-corrected chi connectivity index (χ0v) is 14.8. The number of aliphatic carboxylic acids is 1. The molecule has 8 heteroatoms. The molecule has 0 saturated carbocycles. The van der Waals surface area contributed by atoms with E-state index in [1.807, 2.05) is 30.3 Å². The molecule has 0 saturated heterocycles. The van der Waals surface area contributed by atoms with Crippen LogP contribution in [-0.2, 0) is 9.45 Å². The number of carboxylic acids is 1. The molecule has 5 N–H and O–H groups in total. The Labute approximate surface area is 148 Å². The quantitative estimate of drug-likeness (QED) is 0.445. The van der Waals surface area contributed by atoms with Gasteiger partial charge in [0.2, 0.25) is 0 Å². The second-order valence-electron chi connectivity index (χ2n) is 6.06. The number of aromatic nitrogens is 1. The van der Waals surface area contributed by atoms with Gasteiger partial charge in [0.05, 0.1) is 11.7 Å². The van der Waals surface area contributed by atoms with E-state index in [9.17, 15) is 4.79 Å². The number of nitrogens with one attached hydrogen (secondary N) is 1. The first-order chi connectivity index (χ1) is 11.8. The zero-order valence-electron chi connectivity index (χ0n) is 14.8. The van der Waals surface area contributed by atoms with Gasteiger partial charge in [-0.3, -0.25) is 4.79 Å². The van der Waals surface area contributed by atoms with Crippen LogP contribution in [0.15, 0.2) is 36.4 Å². The lowest BCUT2D eigenvalue weighted by Crippen LogP contribution is -2.27. The fourth-order valence-electron chi connectivity index (χ4n) is 2.06. The van der Waals surface area contributed by atoms with Crippen molar-refractivity contribution in [1.29, 1.82) is 0 Å². The fraction of sp³-hybridized carbons (Fsp3) is 0.412. The van der Waals surface area contributed by atoms with E-state index in [4.69, 9.17) is 15.9 Å². The number of carboxylic acid groups (broad SMARTS) is 1. The van der Waals surface area contributed by atoms with E-state index in [1.54, 1.807) is 13.0 Å². The van der Waals surface area contributed by atoms with Gasteiger partial charge in [0.1, 0.15) is 11.9 Å². The summed E-state index contributed by atoms with van der Waals surface area (Å²) in [6, 6.07) is 10.8. The highest BCUT2D eigenvalue weighted by Gasteiger charge is 2.10. The van der Waals surface area contributed by atoms with Crippen LogP contribution in [0.5, 0.6) is 0 Å². The molecular weight excluding hydrogens is 321 g/mol. The second kappa shape index (κ2) is 10.7. The first-order valence-electron chi connectivity index (χ1n) is 8.16. The lowest BCUT2D eigenvalue weighted by Gasteiger charge is -2.12. The van der Waals surface area contributed by atoms with Gasteiger partial charge in [-0.2, -0.15) is 0 Å². The van der Waals surface area contributed by atoms with Crippen molar-refractivity contribution in [2.24, 2.45) is 11.7 Å². The van der Waals surface area contributed by atoms with Crippen LogP contribution in [0.1, 0.15) is 27.2 Å². The Morgan fingerprint density at radius 2 is 1.96 bits per heavy atom. The Morgan fingerprint density at radius 3 is 2.56 bits per heavy atom. The first-order valence-corrected chi connectivity index (χ1v) is 8.16. The van der Waals surface area contributed by atoms with Crippen molar-refractivity contribution in [3.63, 3.8) is 0 Å². The summed E-state index contributed by atoms with van der Waals surface area (Å²) >= 11 is 0. The van der Waals surface area contributed by atoms with Gasteiger partial charge in [-0.05, 0) is 37.5 Å². The molecule has 1 heterocycles. The minimum absolute atomic E-state index is 0.284. The van der Waals surface area contributed by atoms with Crippen LogP contribution in [0, 0.1) is 5.92 Å². The van der Waals surface area contributed by atoms with E-state index < -0.39 is 12.0 Å². The molecule has 2 rings (SSSR count). The smallest absolute Gasteiger partial charge is 0.436 e. The summed E-state index contributed by atoms with van der Waals surface area (Å²) in [5, 5.41) is 20.9. The first kappa shape index (κ1) is 20.9. The van der Waals surface area contributed by atoms with Crippen LogP contribution < -0.4 is 11.1 Å². The van der Waals surface area contributed by atoms with Crippen molar-refractivity contribution >= 4 is 30.4 Å². The van der Waals surface area contributed by atoms with Gasteiger partial charge >= 0.3 is 13.7 Å². The SMILES string of the molecule is CC(C)C[C@H](N)OBO.C[C@H](Nc1ccc2ccccc2n1)C(=O)O. The number of hydrogen-bond donors (Lipinski definition) is 4. The summed E-state index contributed by atoms with van der Waals surface area (Å²) in [6.45, 7) is 5.69. The van der Waals surface area contributed by atoms with Gasteiger partial charge in [-0.1, -0.05) is 32.0 Å². The van der Waals surface area contributed by atoms with E-state index in [0.717, 1.165) is 17.3 Å². The minimum atomic E-state index is -0.894. The molecule has 0 aliphatic rings. The van der Waals surface area contributed by atoms with E-state index in [0.29, 0.717) is 11.7 Å². The topological polar surface area (TPSA) is 118 Å². The van der Waals surface area contributed by atoms with Crippen LogP contribution in [0.4, 0.5) is 5.82 Å². The molecule has 0 aliphatic heterocycles. The molecule has 7 nitrogen and oxygen atoms in total. The van der Waals surface area contributed by atoms with Crippen molar-refractivity contribution < 1.29 is 19.6 Å². The highest BCUT2D eigenvalue weighted by atomic mass is 16.5. The summed E-state index contributed by atoms with van der Waals surface area (Å²) in [6.07, 6.45) is 0.482. The van der Waals surface area contributed by atoms with Crippen molar-refractivity contribution in [2.75, 3.05) is 5.32 Å². The van der Waals surface area contributed by atoms with Gasteiger partial charge in [-0.15, -0.1) is 0 Å². The number of nitrogens with two attached hydrogens (primary N) is 1. The molecule has 0 aliphatic carbocycles. The molecule has 0 radical (unpaired) electrons. The van der Waals surface area contributed by atoms with E-state index >= 15 is 0 Å². The van der Waals surface area contributed by atoms with E-state index in [-0.39, 0.29) is 13.9 Å². The van der Waals surface area contributed by atoms with Gasteiger partial charge < -0.3 is 25.8 Å². The molecule has 0 bridgehead atoms. The van der Waals surface area contributed by atoms with Gasteiger partial charge in [0.15, 0.2) is 0 Å². The lowest BCUT2D eigenvalue weighted by molar-refractivity contribution is -0.137. The normalized spacial score (nSPS) is 12.9. The Hall–Kier alpha value is -2.16. The molecular formula is C17H26BN3O4. The zero-order chi connectivity index (χ0) is 18.8. The summed E-state index contributed by atoms with van der Waals surface area (Å²) in [5.41, 5.74) is 6.25. The van der Waals surface area contributed by atoms with Crippen molar-refractivity contribution in [1.82, 2.24) is 4.98 Å². The third-order valence-electron chi connectivity index (χ3n) is 3.33. The molecule has 0 fully saturated rings. The van der Waals surface area contributed by atoms with E-state index in [2.05, 4.69) is 28.8 Å². The monoisotopic (exact) mass is 347 g/mol. The molecule has 0 unspecified atom stereocenters. The van der Waals surface area contributed by atoms with E-state index in [1.165, 1.54) is 0 Å². The molecule has 1 aromatic carbocycles. The lowest BCUT2D eigenvalue weighted by atomic mass is 10.1. The maximum absolute atomic E-state index is 10.7. The Bertz CT molecular complexity index is 669. The maximum Gasteiger partial charge on any atom is 0.436 e. The highest BCUT2D eigenvalue weighted by Crippen LogP contribution is 2.14. The molecule has 25 heavy (non-hydrogen) atoms. The van der Waals surface area contributed by atoms with Crippen LogP contribution >= 0.6 is 0 Å². The number of nitrogens with zero attached hydrogens (tertiary/aromatic N) is 1. The number of benzene rings is 1. The second-order valence-corrected chi connectivity index (χ2v) is 6.06. The number of anilines is 1. The van der Waals surface area contributed by atoms with Crippen LogP contribution in [0.25, 0.3) is 10.9 Å². The van der Waals surface area contributed by atoms with Gasteiger partial charge in [0.25, 0.3) is 0 Å². The number of hydrogen-bond acceptors (Lipinski definition) is 6. The van der Waals surface area contributed by atoms with Gasteiger partial charge in [-0.25, -0.2) is 4.98 Å². The number of rotatable bonds is 7. The predicted octanol–water partition coefficient (Wildman–Crippen LogP) is 1.71.